The Bertz CT molecular complexity index is 1580. The van der Waals surface area contributed by atoms with E-state index in [1.807, 2.05) is 47.4 Å². The van der Waals surface area contributed by atoms with Crippen LogP contribution in [-0.4, -0.2) is 44.6 Å². The lowest BCUT2D eigenvalue weighted by Crippen LogP contribution is -2.26. The molecule has 0 aliphatic carbocycles. The Labute approximate surface area is 271 Å². The van der Waals surface area contributed by atoms with Gasteiger partial charge in [0.05, 0.1) is 11.6 Å². The number of halogens is 3. The van der Waals surface area contributed by atoms with Gasteiger partial charge in [0.2, 0.25) is 11.7 Å². The van der Waals surface area contributed by atoms with Crippen molar-refractivity contribution < 1.29 is 28.9 Å². The molecule has 2 amide bonds. The number of carbonyl (C=O) groups is 2. The van der Waals surface area contributed by atoms with Gasteiger partial charge >= 0.3 is 6.36 Å². The molecule has 5 rings (SSSR count). The molecule has 248 valence electrons. The predicted molar refractivity (Wildman–Crippen MR) is 176 cm³/mol. The minimum Gasteiger partial charge on any atom is -0.406 e. The molecule has 0 spiro atoms. The number of para-hydroxylation sites is 1. The molecule has 4 aromatic rings. The first-order valence-electron chi connectivity index (χ1n) is 14.4. The summed E-state index contributed by atoms with van der Waals surface area (Å²) in [5, 5.41) is 6.96. The highest BCUT2D eigenvalue weighted by Crippen LogP contribution is 2.31. The minimum absolute atomic E-state index is 0. The number of aromatic nitrogens is 3. The monoisotopic (exact) mass is 659 g/mol. The zero-order chi connectivity index (χ0) is 33.9. The molecule has 1 saturated heterocycles. The molecule has 0 unspecified atom stereocenters. The van der Waals surface area contributed by atoms with Crippen LogP contribution in [0.5, 0.6) is 5.75 Å². The van der Waals surface area contributed by atoms with E-state index in [1.54, 1.807) is 18.8 Å². The number of rotatable bonds is 8. The predicted octanol–water partition coefficient (Wildman–Crippen LogP) is 5.79. The summed E-state index contributed by atoms with van der Waals surface area (Å²) in [6.45, 7) is 6.50. The van der Waals surface area contributed by atoms with Crippen molar-refractivity contribution in [1.82, 2.24) is 20.1 Å². The molecule has 10 nitrogen and oxygen atoms in total. The molecule has 1 fully saturated rings. The van der Waals surface area contributed by atoms with Crippen LogP contribution in [0.3, 0.4) is 0 Å². The molecule has 1 aliphatic rings. The summed E-state index contributed by atoms with van der Waals surface area (Å²) in [5.74, 6) is 9.92. The highest BCUT2D eigenvalue weighted by atomic mass is 32.2. The molecular weight excluding hydrogens is 619 g/mol. The second-order valence-electron chi connectivity index (χ2n) is 10.3. The fraction of sp³-hybridized carbons (Fsp3) is 0.312. The van der Waals surface area contributed by atoms with E-state index in [1.165, 1.54) is 40.1 Å². The van der Waals surface area contributed by atoms with Crippen LogP contribution in [0.25, 0.3) is 11.4 Å². The fourth-order valence-corrected chi connectivity index (χ4v) is 5.35. The number of hydrogen-bond donors (Lipinski definition) is 3. The number of ether oxygens (including phenoxy) is 1. The largest absolute Gasteiger partial charge is 0.573 e. The molecule has 0 radical (unpaired) electrons. The van der Waals surface area contributed by atoms with Gasteiger partial charge in [-0.25, -0.2) is 9.67 Å². The maximum Gasteiger partial charge on any atom is 0.573 e. The topological polar surface area (TPSA) is 141 Å². The van der Waals surface area contributed by atoms with Crippen molar-refractivity contribution in [3.63, 3.8) is 0 Å². The van der Waals surface area contributed by atoms with Crippen molar-refractivity contribution in [1.29, 1.82) is 0 Å². The van der Waals surface area contributed by atoms with Crippen molar-refractivity contribution >= 4 is 29.3 Å². The van der Waals surface area contributed by atoms with Crippen LogP contribution >= 0.6 is 11.8 Å². The molecule has 0 atom stereocenters. The average molecular weight is 660 g/mol. The van der Waals surface area contributed by atoms with Gasteiger partial charge in [-0.1, -0.05) is 75.4 Å². The van der Waals surface area contributed by atoms with Gasteiger partial charge in [-0.15, -0.1) is 24.9 Å². The molecule has 14 heteroatoms. The van der Waals surface area contributed by atoms with Crippen LogP contribution in [-0.2, 0) is 24.8 Å². The van der Waals surface area contributed by atoms with Crippen LogP contribution < -0.4 is 26.6 Å². The molecular formula is C32H40F3N7O3S. The second-order valence-corrected chi connectivity index (χ2v) is 11.3. The number of benzene rings is 3. The molecule has 46 heavy (non-hydrogen) atoms. The number of thioether (sulfide) groups is 1. The van der Waals surface area contributed by atoms with E-state index < -0.39 is 12.3 Å². The van der Waals surface area contributed by atoms with E-state index in [2.05, 4.69) is 58.7 Å². The van der Waals surface area contributed by atoms with Gasteiger partial charge in [0.25, 0.3) is 5.91 Å². The van der Waals surface area contributed by atoms with Gasteiger partial charge in [0.1, 0.15) is 5.75 Å². The zero-order valence-electron chi connectivity index (χ0n) is 26.0. The Morgan fingerprint density at radius 2 is 1.67 bits per heavy atom. The lowest BCUT2D eigenvalue weighted by Gasteiger charge is -2.20. The van der Waals surface area contributed by atoms with Gasteiger partial charge in [-0.3, -0.25) is 21.3 Å². The number of nitrogens with two attached hydrogens (primary N) is 2. The first-order valence-corrected chi connectivity index (χ1v) is 15.5. The number of anilines is 1. The first kappa shape index (κ1) is 36.1. The van der Waals surface area contributed by atoms with Gasteiger partial charge in [0.15, 0.2) is 5.82 Å². The van der Waals surface area contributed by atoms with Crippen molar-refractivity contribution in [2.45, 2.75) is 46.0 Å². The summed E-state index contributed by atoms with van der Waals surface area (Å²) >= 11 is 1.68. The summed E-state index contributed by atoms with van der Waals surface area (Å²) in [7, 11) is 1.62. The first-order chi connectivity index (χ1) is 21.9. The van der Waals surface area contributed by atoms with Crippen LogP contribution in [0.1, 0.15) is 55.4 Å². The van der Waals surface area contributed by atoms with E-state index in [4.69, 9.17) is 0 Å². The Hall–Kier alpha value is -4.40. The summed E-state index contributed by atoms with van der Waals surface area (Å²) in [6, 6.07) is 21.2. The number of hydrogen-bond acceptors (Lipinski definition) is 8. The Balaban J connectivity index is 0.000000359. The molecule has 5 N–H and O–H groups in total. The smallest absolute Gasteiger partial charge is 0.406 e. The zero-order valence-corrected chi connectivity index (χ0v) is 26.9. The highest BCUT2D eigenvalue weighted by Gasteiger charge is 2.31. The minimum atomic E-state index is -4.74. The Kier molecular flexibility index (Phi) is 13.2. The standard InChI is InChI=1S/C20H19F3N4O2.C12H15NOS.H4N2.H2/c1-3-13-4-8-15(9-5-13)17-25-18(27(2)26-17)19(28)24-12-14-6-10-16(11-7-14)29-20(21,22)23;1-9(2)10-5-3-4-6-11(10)13-8-15-7-12(13)14;1-2;/h4-11H,3,12H2,1-2H3,(H,24,28);3-6,9H,7-8H2,1-2H3;1-2H2;1H. The third-order valence-corrected chi connectivity index (χ3v) is 7.68. The van der Waals surface area contributed by atoms with Crippen molar-refractivity contribution in [2.24, 2.45) is 18.7 Å². The molecule has 2 heterocycles. The third-order valence-electron chi connectivity index (χ3n) is 6.79. The lowest BCUT2D eigenvalue weighted by molar-refractivity contribution is -0.274. The fourth-order valence-electron chi connectivity index (χ4n) is 4.46. The van der Waals surface area contributed by atoms with Crippen molar-refractivity contribution in [2.75, 3.05) is 16.5 Å². The van der Waals surface area contributed by atoms with E-state index in [0.717, 1.165) is 23.5 Å². The summed E-state index contributed by atoms with van der Waals surface area (Å²) in [6.07, 6.45) is -3.82. The number of aryl methyl sites for hydroxylation is 2. The molecule has 1 aromatic heterocycles. The van der Waals surface area contributed by atoms with Crippen molar-refractivity contribution in [3.05, 3.63) is 95.3 Å². The van der Waals surface area contributed by atoms with E-state index in [0.29, 0.717) is 23.1 Å². The summed E-state index contributed by atoms with van der Waals surface area (Å²) in [5.41, 5.74) is 4.95. The number of hydrazine groups is 1. The molecule has 0 saturated carbocycles. The normalized spacial score (nSPS) is 12.7. The van der Waals surface area contributed by atoms with Crippen LogP contribution in [0.2, 0.25) is 0 Å². The van der Waals surface area contributed by atoms with Gasteiger partial charge in [-0.2, -0.15) is 5.10 Å². The Morgan fingerprint density at radius 1 is 1.04 bits per heavy atom. The number of carbonyl (C=O) groups excluding carboxylic acids is 2. The van der Waals surface area contributed by atoms with E-state index >= 15 is 0 Å². The van der Waals surface area contributed by atoms with Gasteiger partial charge in [-0.05, 0) is 47.2 Å². The van der Waals surface area contributed by atoms with Gasteiger partial charge < -0.3 is 15.0 Å². The van der Waals surface area contributed by atoms with Gasteiger partial charge in [0, 0.05) is 26.3 Å². The average Bonchev–Trinajstić information content (AvgIpc) is 3.66. The highest BCUT2D eigenvalue weighted by molar-refractivity contribution is 8.00. The number of nitrogens with zero attached hydrogens (tertiary/aromatic N) is 4. The van der Waals surface area contributed by atoms with E-state index in [9.17, 15) is 22.8 Å². The lowest BCUT2D eigenvalue weighted by atomic mass is 10.0. The molecule has 0 bridgehead atoms. The maximum atomic E-state index is 12.4. The quantitative estimate of drug-likeness (QED) is 0.160. The number of alkyl halides is 3. The van der Waals surface area contributed by atoms with Crippen molar-refractivity contribution in [3.8, 4) is 17.1 Å². The SMILES string of the molecule is CC(C)c1ccccc1N1CSCC1=O.CCc1ccc(-c2nc(C(=O)NCc3ccc(OC(F)(F)F)cc3)n(C)n2)cc1.NN.[HH]. The summed E-state index contributed by atoms with van der Waals surface area (Å²) < 4.78 is 41.8. The van der Waals surface area contributed by atoms with Crippen LogP contribution in [0.4, 0.5) is 18.9 Å². The summed E-state index contributed by atoms with van der Waals surface area (Å²) in [4.78, 5) is 30.3. The second kappa shape index (κ2) is 16.8. The van der Waals surface area contributed by atoms with E-state index in [-0.39, 0.29) is 25.5 Å². The third kappa shape index (κ3) is 10.1. The maximum absolute atomic E-state index is 12.4. The number of amides is 2. The Morgan fingerprint density at radius 3 is 2.24 bits per heavy atom. The molecule has 3 aromatic carbocycles. The molecule has 1 aliphatic heterocycles. The van der Waals surface area contributed by atoms with Crippen LogP contribution in [0, 0.1) is 0 Å². The van der Waals surface area contributed by atoms with Crippen LogP contribution in [0.15, 0.2) is 72.8 Å². The number of nitrogens with one attached hydrogen (secondary N) is 1.